The van der Waals surface area contributed by atoms with Crippen LogP contribution in [0.2, 0.25) is 0 Å². The number of nitrogens with zero attached hydrogens (tertiary/aromatic N) is 2. The van der Waals surface area contributed by atoms with Gasteiger partial charge in [0.15, 0.2) is 0 Å². The zero-order valence-electron chi connectivity index (χ0n) is 12.8. The van der Waals surface area contributed by atoms with Crippen molar-refractivity contribution in [3.63, 3.8) is 0 Å². The van der Waals surface area contributed by atoms with Crippen molar-refractivity contribution >= 4 is 5.91 Å². The molecule has 0 atom stereocenters. The minimum absolute atomic E-state index is 0.0648. The lowest BCUT2D eigenvalue weighted by atomic mass is 10.3. The maximum Gasteiger partial charge on any atom is 0.267 e. The first-order valence-corrected chi connectivity index (χ1v) is 7.75. The third-order valence-corrected chi connectivity index (χ3v) is 3.61. The number of hydrogen-bond acceptors (Lipinski definition) is 4. The van der Waals surface area contributed by atoms with E-state index in [0.717, 1.165) is 24.3 Å². The zero-order chi connectivity index (χ0) is 16.1. The van der Waals surface area contributed by atoms with Gasteiger partial charge in [-0.2, -0.15) is 5.10 Å². The highest BCUT2D eigenvalue weighted by Crippen LogP contribution is 2.38. The third kappa shape index (κ3) is 4.42. The van der Waals surface area contributed by atoms with Crippen molar-refractivity contribution in [3.05, 3.63) is 58.5 Å². The number of ether oxygens (including phenoxy) is 1. The minimum Gasteiger partial charge on any atom is -0.492 e. The Morgan fingerprint density at radius 1 is 1.22 bits per heavy atom. The largest absolute Gasteiger partial charge is 0.492 e. The van der Waals surface area contributed by atoms with E-state index >= 15 is 0 Å². The number of rotatable bonds is 7. The van der Waals surface area contributed by atoms with E-state index < -0.39 is 0 Å². The SMILES string of the molecule is O=C(Cn1nc(C2CC2)ccc1=O)NCCOc1ccccc1. The van der Waals surface area contributed by atoms with E-state index in [1.54, 1.807) is 6.07 Å². The third-order valence-electron chi connectivity index (χ3n) is 3.61. The predicted molar refractivity (Wildman–Crippen MR) is 85.4 cm³/mol. The van der Waals surface area contributed by atoms with Crippen LogP contribution in [0.1, 0.15) is 24.5 Å². The highest BCUT2D eigenvalue weighted by Gasteiger charge is 2.25. The number of amides is 1. The van der Waals surface area contributed by atoms with Crippen molar-refractivity contribution in [1.82, 2.24) is 15.1 Å². The summed E-state index contributed by atoms with van der Waals surface area (Å²) < 4.78 is 6.71. The van der Waals surface area contributed by atoms with Gasteiger partial charge < -0.3 is 10.1 Å². The highest BCUT2D eigenvalue weighted by molar-refractivity contribution is 5.75. The van der Waals surface area contributed by atoms with Gasteiger partial charge in [0.1, 0.15) is 18.9 Å². The molecule has 0 radical (unpaired) electrons. The molecule has 1 aromatic heterocycles. The number of aromatic nitrogens is 2. The lowest BCUT2D eigenvalue weighted by Gasteiger charge is -2.09. The van der Waals surface area contributed by atoms with Gasteiger partial charge in [0.2, 0.25) is 5.91 Å². The molecule has 23 heavy (non-hydrogen) atoms. The monoisotopic (exact) mass is 313 g/mol. The van der Waals surface area contributed by atoms with Gasteiger partial charge in [-0.25, -0.2) is 4.68 Å². The Morgan fingerprint density at radius 3 is 2.74 bits per heavy atom. The molecule has 6 nitrogen and oxygen atoms in total. The second-order valence-electron chi connectivity index (χ2n) is 5.54. The Labute approximate surface area is 134 Å². The molecule has 1 aliphatic rings. The molecule has 0 spiro atoms. The first-order valence-electron chi connectivity index (χ1n) is 7.75. The fourth-order valence-electron chi connectivity index (χ4n) is 2.24. The number of carbonyl (C=O) groups excluding carboxylic acids is 1. The van der Waals surface area contributed by atoms with E-state index in [-0.39, 0.29) is 18.0 Å². The lowest BCUT2D eigenvalue weighted by Crippen LogP contribution is -2.35. The fourth-order valence-corrected chi connectivity index (χ4v) is 2.24. The second kappa shape index (κ2) is 7.09. The molecule has 1 heterocycles. The summed E-state index contributed by atoms with van der Waals surface area (Å²) in [6.07, 6.45) is 2.21. The molecule has 120 valence electrons. The van der Waals surface area contributed by atoms with Gasteiger partial charge in [-0.05, 0) is 31.0 Å². The topological polar surface area (TPSA) is 73.2 Å². The standard InChI is InChI=1S/C17H19N3O3/c21-16(18-10-11-23-14-4-2-1-3-5-14)12-20-17(22)9-8-15(19-20)13-6-7-13/h1-5,8-9,13H,6-7,10-12H2,(H,18,21). The van der Waals surface area contributed by atoms with Gasteiger partial charge >= 0.3 is 0 Å². The van der Waals surface area contributed by atoms with Crippen molar-refractivity contribution < 1.29 is 9.53 Å². The molecule has 3 rings (SSSR count). The molecule has 0 bridgehead atoms. The minimum atomic E-state index is -0.259. The van der Waals surface area contributed by atoms with Gasteiger partial charge in [0, 0.05) is 12.0 Å². The van der Waals surface area contributed by atoms with E-state index in [4.69, 9.17) is 4.74 Å². The summed E-state index contributed by atoms with van der Waals surface area (Å²) in [6, 6.07) is 12.6. The predicted octanol–water partition coefficient (Wildman–Crippen LogP) is 1.32. The summed E-state index contributed by atoms with van der Waals surface area (Å²) in [6.45, 7) is 0.690. The molecule has 0 unspecified atom stereocenters. The first-order chi connectivity index (χ1) is 11.2. The molecule has 1 saturated carbocycles. The Hall–Kier alpha value is -2.63. The van der Waals surface area contributed by atoms with Gasteiger partial charge in [-0.1, -0.05) is 18.2 Å². The normalized spacial score (nSPS) is 13.6. The molecule has 1 N–H and O–H groups in total. The number of carbonyl (C=O) groups is 1. The molecule has 2 aromatic rings. The van der Waals surface area contributed by atoms with E-state index in [0.29, 0.717) is 19.1 Å². The Kier molecular flexibility index (Phi) is 4.71. The molecular formula is C17H19N3O3. The van der Waals surface area contributed by atoms with Crippen LogP contribution in [-0.2, 0) is 11.3 Å². The quantitative estimate of drug-likeness (QED) is 0.782. The van der Waals surface area contributed by atoms with Gasteiger partial charge in [-0.3, -0.25) is 9.59 Å². The molecule has 1 aliphatic carbocycles. The van der Waals surface area contributed by atoms with Crippen molar-refractivity contribution in [2.75, 3.05) is 13.2 Å². The number of benzene rings is 1. The van der Waals surface area contributed by atoms with Crippen LogP contribution in [-0.4, -0.2) is 28.8 Å². The van der Waals surface area contributed by atoms with Crippen LogP contribution in [0.5, 0.6) is 5.75 Å². The number of nitrogens with one attached hydrogen (secondary N) is 1. The van der Waals surface area contributed by atoms with Crippen LogP contribution in [0.15, 0.2) is 47.3 Å². The Morgan fingerprint density at radius 2 is 2.00 bits per heavy atom. The fraction of sp³-hybridized carbons (Fsp3) is 0.353. The summed E-state index contributed by atoms with van der Waals surface area (Å²) in [5, 5.41) is 6.99. The summed E-state index contributed by atoms with van der Waals surface area (Å²) in [5.41, 5.74) is 0.634. The second-order valence-corrected chi connectivity index (χ2v) is 5.54. The van der Waals surface area contributed by atoms with Crippen molar-refractivity contribution in [1.29, 1.82) is 0 Å². The maximum atomic E-state index is 11.9. The first kappa shape index (κ1) is 15.3. The van der Waals surface area contributed by atoms with Gasteiger partial charge in [-0.15, -0.1) is 0 Å². The summed E-state index contributed by atoms with van der Waals surface area (Å²) >= 11 is 0. The summed E-state index contributed by atoms with van der Waals surface area (Å²) in [4.78, 5) is 23.7. The van der Waals surface area contributed by atoms with E-state index in [1.165, 1.54) is 10.7 Å². The summed E-state index contributed by atoms with van der Waals surface area (Å²) in [7, 11) is 0. The smallest absolute Gasteiger partial charge is 0.267 e. The van der Waals surface area contributed by atoms with Crippen LogP contribution in [0.3, 0.4) is 0 Å². The van der Waals surface area contributed by atoms with Gasteiger partial charge in [0.05, 0.1) is 12.2 Å². The van der Waals surface area contributed by atoms with Crippen LogP contribution in [0.25, 0.3) is 0 Å². The lowest BCUT2D eigenvalue weighted by molar-refractivity contribution is -0.122. The van der Waals surface area contributed by atoms with Crippen molar-refractivity contribution in [2.45, 2.75) is 25.3 Å². The van der Waals surface area contributed by atoms with E-state index in [9.17, 15) is 9.59 Å². The summed E-state index contributed by atoms with van der Waals surface area (Å²) in [5.74, 6) is 0.963. The average molecular weight is 313 g/mol. The van der Waals surface area contributed by atoms with Crippen molar-refractivity contribution in [3.8, 4) is 5.75 Å². The van der Waals surface area contributed by atoms with E-state index in [2.05, 4.69) is 10.4 Å². The number of hydrogen-bond donors (Lipinski definition) is 1. The maximum absolute atomic E-state index is 11.9. The molecule has 0 aliphatic heterocycles. The van der Waals surface area contributed by atoms with Gasteiger partial charge in [0.25, 0.3) is 5.56 Å². The average Bonchev–Trinajstić information content (AvgIpc) is 3.40. The van der Waals surface area contributed by atoms with Crippen LogP contribution in [0, 0.1) is 0 Å². The molecule has 6 heteroatoms. The molecule has 1 aromatic carbocycles. The van der Waals surface area contributed by atoms with Crippen molar-refractivity contribution in [2.24, 2.45) is 0 Å². The van der Waals surface area contributed by atoms with Crippen LogP contribution >= 0.6 is 0 Å². The van der Waals surface area contributed by atoms with E-state index in [1.807, 2.05) is 30.3 Å². The van der Waals surface area contributed by atoms with Crippen LogP contribution in [0.4, 0.5) is 0 Å². The van der Waals surface area contributed by atoms with Crippen LogP contribution < -0.4 is 15.6 Å². The molecule has 1 fully saturated rings. The Bertz CT molecular complexity index is 723. The molecular weight excluding hydrogens is 294 g/mol. The number of para-hydroxylation sites is 1. The molecule has 0 saturated heterocycles. The molecule has 1 amide bonds. The Balaban J connectivity index is 1.46. The zero-order valence-corrected chi connectivity index (χ0v) is 12.8. The highest BCUT2D eigenvalue weighted by atomic mass is 16.5.